The summed E-state index contributed by atoms with van der Waals surface area (Å²) in [4.78, 5) is 16.3. The molecular weight excluding hydrogens is 278 g/mol. The lowest BCUT2D eigenvalue weighted by atomic mass is 10.3. The third-order valence-corrected chi connectivity index (χ3v) is 3.62. The zero-order valence-corrected chi connectivity index (χ0v) is 11.4. The highest BCUT2D eigenvalue weighted by atomic mass is 32.1. The van der Waals surface area contributed by atoms with E-state index in [4.69, 9.17) is 14.9 Å². The highest BCUT2D eigenvalue weighted by molar-refractivity contribution is 7.22. The van der Waals surface area contributed by atoms with Gasteiger partial charge in [0, 0.05) is 11.8 Å². The van der Waals surface area contributed by atoms with E-state index in [-0.39, 0.29) is 5.91 Å². The van der Waals surface area contributed by atoms with Crippen LogP contribution < -0.4 is 15.8 Å². The molecule has 0 aliphatic carbocycles. The molecule has 20 heavy (non-hydrogen) atoms. The Bertz CT molecular complexity index is 765. The first-order valence-corrected chi connectivity index (χ1v) is 6.56. The topological polar surface area (TPSA) is 90.4 Å². The highest BCUT2D eigenvalue weighted by Gasteiger charge is 2.13. The first kappa shape index (κ1) is 12.5. The molecule has 2 aromatic heterocycles. The van der Waals surface area contributed by atoms with Crippen molar-refractivity contribution in [3.05, 3.63) is 36.3 Å². The molecule has 1 amide bonds. The van der Waals surface area contributed by atoms with Crippen LogP contribution in [0, 0.1) is 0 Å². The van der Waals surface area contributed by atoms with Gasteiger partial charge in [0.05, 0.1) is 23.6 Å². The maximum Gasteiger partial charge on any atom is 0.260 e. The van der Waals surface area contributed by atoms with Crippen LogP contribution in [0.15, 0.2) is 35.1 Å². The van der Waals surface area contributed by atoms with Gasteiger partial charge in [-0.2, -0.15) is 0 Å². The minimum Gasteiger partial charge on any atom is -0.494 e. The number of methoxy groups -OCH3 is 1. The summed E-state index contributed by atoms with van der Waals surface area (Å²) in [5.41, 5.74) is 7.49. The van der Waals surface area contributed by atoms with E-state index < -0.39 is 0 Å². The number of amides is 1. The van der Waals surface area contributed by atoms with E-state index in [9.17, 15) is 4.79 Å². The van der Waals surface area contributed by atoms with Gasteiger partial charge in [0.1, 0.15) is 17.5 Å². The summed E-state index contributed by atoms with van der Waals surface area (Å²) in [5.74, 6) is 0.310. The van der Waals surface area contributed by atoms with Crippen LogP contribution in [0.5, 0.6) is 5.75 Å². The maximum atomic E-state index is 11.9. The predicted molar refractivity (Wildman–Crippen MR) is 77.2 cm³/mol. The van der Waals surface area contributed by atoms with Gasteiger partial charge in [-0.25, -0.2) is 4.98 Å². The normalized spacial score (nSPS) is 10.7. The number of nitrogen functional groups attached to an aromatic ring is 1. The monoisotopic (exact) mass is 289 g/mol. The van der Waals surface area contributed by atoms with E-state index in [2.05, 4.69) is 10.3 Å². The van der Waals surface area contributed by atoms with E-state index >= 15 is 0 Å². The number of hydrogen-bond acceptors (Lipinski definition) is 6. The summed E-state index contributed by atoms with van der Waals surface area (Å²) >= 11 is 1.33. The fraction of sp³-hybridized carbons (Fsp3) is 0.0769. The average molecular weight is 289 g/mol. The number of nitrogens with zero attached hydrogens (tertiary/aromatic N) is 1. The number of thiazole rings is 1. The molecule has 2 heterocycles. The van der Waals surface area contributed by atoms with Crippen molar-refractivity contribution in [2.75, 3.05) is 18.2 Å². The fourth-order valence-corrected chi connectivity index (χ4v) is 2.72. The Hall–Kier alpha value is -2.54. The van der Waals surface area contributed by atoms with Crippen molar-refractivity contribution in [1.29, 1.82) is 0 Å². The second-order valence-electron chi connectivity index (χ2n) is 4.06. The van der Waals surface area contributed by atoms with Crippen LogP contribution in [0.3, 0.4) is 0 Å². The van der Waals surface area contributed by atoms with Crippen LogP contribution in [-0.4, -0.2) is 18.0 Å². The molecule has 0 spiro atoms. The van der Waals surface area contributed by atoms with Gasteiger partial charge in [-0.15, -0.1) is 0 Å². The average Bonchev–Trinajstić information content (AvgIpc) is 3.05. The number of rotatable bonds is 3. The fourth-order valence-electron chi connectivity index (χ4n) is 1.79. The van der Waals surface area contributed by atoms with E-state index in [1.54, 1.807) is 25.3 Å². The van der Waals surface area contributed by atoms with Gasteiger partial charge in [-0.1, -0.05) is 11.3 Å². The molecule has 3 rings (SSSR count). The van der Waals surface area contributed by atoms with Gasteiger partial charge >= 0.3 is 0 Å². The minimum atomic E-state index is -0.273. The molecule has 0 aliphatic rings. The van der Waals surface area contributed by atoms with Gasteiger partial charge in [0.15, 0.2) is 5.13 Å². The molecular formula is C13H11N3O3S. The van der Waals surface area contributed by atoms with Crippen molar-refractivity contribution in [2.45, 2.75) is 0 Å². The molecule has 0 saturated heterocycles. The summed E-state index contributed by atoms with van der Waals surface area (Å²) in [6.07, 6.45) is 2.82. The second kappa shape index (κ2) is 4.86. The molecule has 3 N–H and O–H groups in total. The number of furan rings is 1. The van der Waals surface area contributed by atoms with Crippen LogP contribution in [0.1, 0.15) is 10.4 Å². The van der Waals surface area contributed by atoms with Crippen LogP contribution in [0.2, 0.25) is 0 Å². The summed E-state index contributed by atoms with van der Waals surface area (Å²) in [5, 5.41) is 3.20. The number of aromatic nitrogens is 1. The van der Waals surface area contributed by atoms with Crippen molar-refractivity contribution < 1.29 is 13.9 Å². The number of carbonyl (C=O) groups is 1. The summed E-state index contributed by atoms with van der Waals surface area (Å²) in [7, 11) is 1.55. The van der Waals surface area contributed by atoms with Crippen LogP contribution in [0.25, 0.3) is 10.2 Å². The molecule has 1 aromatic carbocycles. The quantitative estimate of drug-likeness (QED) is 0.723. The molecule has 102 valence electrons. The third-order valence-electron chi connectivity index (χ3n) is 2.71. The Morgan fingerprint density at radius 3 is 3.05 bits per heavy atom. The highest BCUT2D eigenvalue weighted by Crippen LogP contribution is 2.34. The molecule has 0 saturated carbocycles. The Kier molecular flexibility index (Phi) is 3.03. The second-order valence-corrected chi connectivity index (χ2v) is 5.09. The summed E-state index contributed by atoms with van der Waals surface area (Å²) in [6.45, 7) is 0. The number of nitrogens with one attached hydrogen (secondary N) is 1. The molecule has 6 nitrogen and oxygen atoms in total. The lowest BCUT2D eigenvalue weighted by Crippen LogP contribution is -2.10. The Morgan fingerprint density at radius 2 is 2.35 bits per heavy atom. The van der Waals surface area contributed by atoms with Crippen LogP contribution in [0.4, 0.5) is 10.8 Å². The van der Waals surface area contributed by atoms with Gasteiger partial charge < -0.3 is 14.9 Å². The summed E-state index contributed by atoms with van der Waals surface area (Å²) in [6, 6.07) is 5.08. The maximum absolute atomic E-state index is 11.9. The van der Waals surface area contributed by atoms with E-state index in [1.165, 1.54) is 23.9 Å². The van der Waals surface area contributed by atoms with Gasteiger partial charge in [-0.05, 0) is 12.1 Å². The summed E-state index contributed by atoms with van der Waals surface area (Å²) < 4.78 is 11.0. The number of anilines is 2. The molecule has 0 aliphatic heterocycles. The van der Waals surface area contributed by atoms with Crippen LogP contribution in [-0.2, 0) is 0 Å². The zero-order valence-electron chi connectivity index (χ0n) is 10.5. The molecule has 0 radical (unpaired) electrons. The lowest BCUT2D eigenvalue weighted by Gasteiger charge is -2.01. The van der Waals surface area contributed by atoms with Gasteiger partial charge in [0.25, 0.3) is 5.91 Å². The number of benzene rings is 1. The lowest BCUT2D eigenvalue weighted by molar-refractivity contribution is 0.102. The molecule has 7 heteroatoms. The van der Waals surface area contributed by atoms with Crippen molar-refractivity contribution in [3.8, 4) is 5.75 Å². The van der Waals surface area contributed by atoms with Crippen molar-refractivity contribution in [1.82, 2.24) is 4.98 Å². The van der Waals surface area contributed by atoms with E-state index in [0.29, 0.717) is 27.6 Å². The minimum absolute atomic E-state index is 0.273. The Labute approximate surface area is 118 Å². The number of carbonyl (C=O) groups excluding carboxylic acids is 1. The van der Waals surface area contributed by atoms with Gasteiger partial charge in [-0.3, -0.25) is 10.1 Å². The van der Waals surface area contributed by atoms with E-state index in [0.717, 1.165) is 4.70 Å². The third kappa shape index (κ3) is 2.19. The van der Waals surface area contributed by atoms with Crippen molar-refractivity contribution in [3.63, 3.8) is 0 Å². The Balaban J connectivity index is 1.95. The van der Waals surface area contributed by atoms with Crippen LogP contribution >= 0.6 is 11.3 Å². The van der Waals surface area contributed by atoms with Gasteiger partial charge in [0.2, 0.25) is 0 Å². The standard InChI is InChI=1S/C13H11N3O3S/c1-18-9-4-8(14)5-10-11(9)15-13(20-10)16-12(17)7-2-3-19-6-7/h2-6H,14H2,1H3,(H,15,16,17). The largest absolute Gasteiger partial charge is 0.494 e. The molecule has 0 atom stereocenters. The first-order chi connectivity index (χ1) is 9.67. The molecule has 3 aromatic rings. The predicted octanol–water partition coefficient (Wildman–Crippen LogP) is 2.73. The number of hydrogen-bond donors (Lipinski definition) is 2. The molecule has 0 bridgehead atoms. The van der Waals surface area contributed by atoms with Crippen molar-refractivity contribution >= 4 is 38.3 Å². The van der Waals surface area contributed by atoms with E-state index in [1.807, 2.05) is 0 Å². The number of nitrogens with two attached hydrogens (primary N) is 1. The molecule has 0 unspecified atom stereocenters. The Morgan fingerprint density at radius 1 is 1.50 bits per heavy atom. The first-order valence-electron chi connectivity index (χ1n) is 5.75. The SMILES string of the molecule is COc1cc(N)cc2sc(NC(=O)c3ccoc3)nc12. The molecule has 0 fully saturated rings. The smallest absolute Gasteiger partial charge is 0.260 e. The number of ether oxygens (including phenoxy) is 1. The van der Waals surface area contributed by atoms with Crippen molar-refractivity contribution in [2.24, 2.45) is 0 Å². The number of fused-ring (bicyclic) bond motifs is 1. The zero-order chi connectivity index (χ0) is 14.1.